The molecular weight excluding hydrogens is 247 g/mol. The van der Waals surface area contributed by atoms with Gasteiger partial charge in [0.15, 0.2) is 0 Å². The highest BCUT2D eigenvalue weighted by molar-refractivity contribution is 7.94. The number of carbonyl (C=O) groups is 2. The van der Waals surface area contributed by atoms with Crippen LogP contribution < -0.4 is 11.1 Å². The molecule has 0 fully saturated rings. The lowest BCUT2D eigenvalue weighted by atomic mass is 10.1. The maximum Gasteiger partial charge on any atom is 0.322 e. The van der Waals surface area contributed by atoms with E-state index in [1.807, 2.05) is 0 Å². The van der Waals surface area contributed by atoms with Gasteiger partial charge in [0.1, 0.15) is 6.54 Å². The lowest BCUT2D eigenvalue weighted by Gasteiger charge is -2.09. The van der Waals surface area contributed by atoms with Crippen LogP contribution in [0.2, 0.25) is 0 Å². The second-order valence-electron chi connectivity index (χ2n) is 3.36. The van der Waals surface area contributed by atoms with Crippen LogP contribution in [0.4, 0.5) is 9.57 Å². The molecule has 0 aliphatic heterocycles. The number of aryl methyl sites for hydroxylation is 1. The first-order chi connectivity index (χ1) is 7.95. The van der Waals surface area contributed by atoms with Gasteiger partial charge in [0.05, 0.1) is 17.0 Å². The average Bonchev–Trinajstić information content (AvgIpc) is 2.28. The van der Waals surface area contributed by atoms with Crippen molar-refractivity contribution in [3.8, 4) is 0 Å². The Labute approximate surface area is 101 Å². The Morgan fingerprint density at radius 2 is 2.18 bits per heavy atom. The van der Waals surface area contributed by atoms with E-state index in [4.69, 9.17) is 10.8 Å². The minimum absolute atomic E-state index is 0.00257. The number of carboxylic acid groups (broad SMARTS) is 1. The van der Waals surface area contributed by atoms with E-state index in [1.54, 1.807) is 6.92 Å². The first kappa shape index (κ1) is 13.3. The Hall–Kier alpha value is -1.76. The van der Waals surface area contributed by atoms with Crippen molar-refractivity contribution in [2.24, 2.45) is 0 Å². The van der Waals surface area contributed by atoms with Crippen LogP contribution in [0.25, 0.3) is 0 Å². The summed E-state index contributed by atoms with van der Waals surface area (Å²) in [6.07, 6.45) is 0. The maximum atomic E-state index is 12.4. The Morgan fingerprint density at radius 3 is 2.71 bits per heavy atom. The fourth-order valence-electron chi connectivity index (χ4n) is 1.26. The zero-order valence-corrected chi connectivity index (χ0v) is 9.81. The van der Waals surface area contributed by atoms with Gasteiger partial charge in [-0.2, -0.15) is 3.89 Å². The first-order valence-corrected chi connectivity index (χ1v) is 5.36. The van der Waals surface area contributed by atoms with E-state index in [0.717, 1.165) is 0 Å². The predicted molar refractivity (Wildman–Crippen MR) is 62.5 cm³/mol. The van der Waals surface area contributed by atoms with Crippen LogP contribution in [0.1, 0.15) is 15.9 Å². The number of amides is 1. The van der Waals surface area contributed by atoms with Crippen LogP contribution in [0, 0.1) is 6.92 Å². The van der Waals surface area contributed by atoms with Gasteiger partial charge in [0.25, 0.3) is 5.91 Å². The Kier molecular flexibility index (Phi) is 4.33. The maximum absolute atomic E-state index is 12.4. The number of nitrogens with one attached hydrogen (secondary N) is 1. The molecule has 0 aromatic heterocycles. The van der Waals surface area contributed by atoms with Crippen molar-refractivity contribution in [1.82, 2.24) is 5.32 Å². The summed E-state index contributed by atoms with van der Waals surface area (Å²) in [4.78, 5) is 22.1. The number of aliphatic carboxylic acids is 1. The van der Waals surface area contributed by atoms with Crippen molar-refractivity contribution in [2.45, 2.75) is 11.8 Å². The number of hydrogen-bond donors (Lipinski definition) is 3. The molecule has 1 rings (SSSR count). The fourth-order valence-corrected chi connectivity index (χ4v) is 1.63. The van der Waals surface area contributed by atoms with Gasteiger partial charge in [0.2, 0.25) is 0 Å². The highest BCUT2D eigenvalue weighted by Crippen LogP contribution is 2.28. The van der Waals surface area contributed by atoms with E-state index in [1.165, 1.54) is 12.1 Å². The Bertz CT molecular complexity index is 465. The summed E-state index contributed by atoms with van der Waals surface area (Å²) in [6.45, 7) is 1.15. The van der Waals surface area contributed by atoms with Crippen LogP contribution >= 0.6 is 12.1 Å². The van der Waals surface area contributed by atoms with Gasteiger partial charge >= 0.3 is 5.97 Å². The van der Waals surface area contributed by atoms with Crippen molar-refractivity contribution in [2.75, 3.05) is 12.3 Å². The number of benzene rings is 1. The number of carboxylic acids is 1. The highest BCUT2D eigenvalue weighted by Gasteiger charge is 2.13. The summed E-state index contributed by atoms with van der Waals surface area (Å²) >= 11 is -0.00257. The lowest BCUT2D eigenvalue weighted by Crippen LogP contribution is -2.29. The molecule has 0 atom stereocenters. The van der Waals surface area contributed by atoms with Crippen LogP contribution in [0.5, 0.6) is 0 Å². The van der Waals surface area contributed by atoms with Crippen LogP contribution in [-0.4, -0.2) is 23.5 Å². The molecule has 0 saturated carbocycles. The monoisotopic (exact) mass is 258 g/mol. The molecule has 0 saturated heterocycles. The van der Waals surface area contributed by atoms with Crippen molar-refractivity contribution in [1.29, 1.82) is 0 Å². The Balaban J connectivity index is 2.94. The normalized spacial score (nSPS) is 10.0. The number of anilines is 1. The fraction of sp³-hybridized carbons (Fsp3) is 0.200. The van der Waals surface area contributed by atoms with Crippen molar-refractivity contribution < 1.29 is 18.6 Å². The molecule has 1 amide bonds. The number of carbonyl (C=O) groups excluding carboxylic acids is 1. The topological polar surface area (TPSA) is 92.4 Å². The molecule has 0 aliphatic rings. The summed E-state index contributed by atoms with van der Waals surface area (Å²) in [5.74, 6) is -1.69. The summed E-state index contributed by atoms with van der Waals surface area (Å²) in [5, 5.41) is 10.6. The van der Waals surface area contributed by atoms with Gasteiger partial charge in [-0.3, -0.25) is 9.59 Å². The third kappa shape index (κ3) is 3.35. The molecule has 5 nitrogen and oxygen atoms in total. The van der Waals surface area contributed by atoms with Gasteiger partial charge < -0.3 is 16.2 Å². The molecule has 0 bridgehead atoms. The number of hydrogen-bond acceptors (Lipinski definition) is 4. The van der Waals surface area contributed by atoms with Gasteiger partial charge in [0, 0.05) is 11.3 Å². The molecule has 1 aromatic rings. The van der Waals surface area contributed by atoms with E-state index in [-0.39, 0.29) is 28.3 Å². The molecule has 17 heavy (non-hydrogen) atoms. The summed E-state index contributed by atoms with van der Waals surface area (Å²) < 4.78 is 12.4. The van der Waals surface area contributed by atoms with Crippen LogP contribution in [0.15, 0.2) is 17.0 Å². The molecule has 92 valence electrons. The second-order valence-corrected chi connectivity index (χ2v) is 3.95. The SMILES string of the molecule is Cc1cc(SF)c(N)cc1C(=O)NCC(=O)O. The predicted octanol–water partition coefficient (Wildman–Crippen LogP) is 1.37. The third-order valence-electron chi connectivity index (χ3n) is 2.08. The van der Waals surface area contributed by atoms with Crippen LogP contribution in [-0.2, 0) is 4.79 Å². The molecule has 0 radical (unpaired) electrons. The number of nitrogens with two attached hydrogens (primary N) is 1. The van der Waals surface area contributed by atoms with Gasteiger partial charge in [-0.1, -0.05) is 0 Å². The van der Waals surface area contributed by atoms with Gasteiger partial charge in [-0.05, 0) is 24.6 Å². The van der Waals surface area contributed by atoms with E-state index in [2.05, 4.69) is 5.32 Å². The standard InChI is InChI=1S/C10H11FN2O3S/c1-5-2-8(17-11)7(12)3-6(5)10(16)13-4-9(14)15/h2-3H,4,12H2,1H3,(H,13,16)(H,14,15). The summed E-state index contributed by atoms with van der Waals surface area (Å²) in [7, 11) is 0. The second kappa shape index (κ2) is 5.53. The lowest BCUT2D eigenvalue weighted by molar-refractivity contribution is -0.135. The van der Waals surface area contributed by atoms with E-state index in [9.17, 15) is 13.5 Å². The van der Waals surface area contributed by atoms with Crippen molar-refractivity contribution >= 4 is 29.7 Å². The van der Waals surface area contributed by atoms with Crippen LogP contribution in [0.3, 0.4) is 0 Å². The largest absolute Gasteiger partial charge is 0.480 e. The summed E-state index contributed by atoms with van der Waals surface area (Å²) in [6, 6.07) is 2.77. The minimum atomic E-state index is -1.14. The van der Waals surface area contributed by atoms with Gasteiger partial charge in [-0.25, -0.2) is 0 Å². The first-order valence-electron chi connectivity index (χ1n) is 4.64. The van der Waals surface area contributed by atoms with Crippen molar-refractivity contribution in [3.05, 3.63) is 23.3 Å². The minimum Gasteiger partial charge on any atom is -0.480 e. The van der Waals surface area contributed by atoms with Gasteiger partial charge in [-0.15, -0.1) is 0 Å². The van der Waals surface area contributed by atoms with E-state index < -0.39 is 18.4 Å². The number of rotatable bonds is 4. The average molecular weight is 258 g/mol. The molecule has 0 heterocycles. The number of nitrogen functional groups attached to an aromatic ring is 1. The van der Waals surface area contributed by atoms with Crippen molar-refractivity contribution in [3.63, 3.8) is 0 Å². The molecule has 4 N–H and O–H groups in total. The quantitative estimate of drug-likeness (QED) is 0.709. The molecule has 1 aromatic carbocycles. The Morgan fingerprint density at radius 1 is 1.53 bits per heavy atom. The molecule has 0 spiro atoms. The van der Waals surface area contributed by atoms with E-state index >= 15 is 0 Å². The van der Waals surface area contributed by atoms with E-state index in [0.29, 0.717) is 5.56 Å². The zero-order chi connectivity index (χ0) is 13.0. The third-order valence-corrected chi connectivity index (χ3v) is 2.60. The molecule has 0 aliphatic carbocycles. The molecular formula is C10H11FN2O3S. The molecule has 7 heteroatoms. The number of halogens is 1. The molecule has 0 unspecified atom stereocenters. The zero-order valence-electron chi connectivity index (χ0n) is 8.99. The highest BCUT2D eigenvalue weighted by atomic mass is 32.2. The smallest absolute Gasteiger partial charge is 0.322 e. The summed E-state index contributed by atoms with van der Waals surface area (Å²) in [5.41, 5.74) is 6.45.